The summed E-state index contributed by atoms with van der Waals surface area (Å²) in [7, 11) is 3.33. The van der Waals surface area contributed by atoms with Crippen LogP contribution in [0.3, 0.4) is 0 Å². The molecule has 0 unspecified atom stereocenters. The first-order valence-electron chi connectivity index (χ1n) is 8.69. The monoisotopic (exact) mass is 357 g/mol. The zero-order valence-corrected chi connectivity index (χ0v) is 15.3. The quantitative estimate of drug-likeness (QED) is 0.811. The fourth-order valence-electron chi connectivity index (χ4n) is 3.08. The van der Waals surface area contributed by atoms with Crippen LogP contribution in [0.15, 0.2) is 29.2 Å². The minimum Gasteiger partial charge on any atom is -0.342 e. The first-order valence-corrected chi connectivity index (χ1v) is 8.69. The first kappa shape index (κ1) is 17.9. The maximum atomic E-state index is 13.0. The summed E-state index contributed by atoms with van der Waals surface area (Å²) in [5, 5.41) is 4.33. The van der Waals surface area contributed by atoms with Crippen LogP contribution in [-0.4, -0.2) is 56.1 Å². The molecule has 0 saturated carbocycles. The molecular formula is C18H23N5O3. The van der Waals surface area contributed by atoms with E-state index in [0.29, 0.717) is 37.4 Å². The number of carbonyl (C=O) groups excluding carboxylic acids is 2. The highest BCUT2D eigenvalue weighted by Crippen LogP contribution is 2.19. The first-order chi connectivity index (χ1) is 12.4. The van der Waals surface area contributed by atoms with E-state index in [0.717, 1.165) is 12.1 Å². The lowest BCUT2D eigenvalue weighted by Crippen LogP contribution is -2.35. The molecule has 1 aliphatic rings. The summed E-state index contributed by atoms with van der Waals surface area (Å²) < 4.78 is 3.15. The van der Waals surface area contributed by atoms with Crippen LogP contribution in [0, 0.1) is 0 Å². The average Bonchev–Trinajstić information content (AvgIpc) is 2.91. The van der Waals surface area contributed by atoms with Crippen LogP contribution in [0.25, 0.3) is 0 Å². The predicted molar refractivity (Wildman–Crippen MR) is 95.9 cm³/mol. The minimum absolute atomic E-state index is 0.102. The molecule has 0 radical (unpaired) electrons. The molecule has 26 heavy (non-hydrogen) atoms. The van der Waals surface area contributed by atoms with Crippen LogP contribution in [0.4, 0.5) is 0 Å². The molecule has 0 aliphatic carbocycles. The van der Waals surface area contributed by atoms with Crippen LogP contribution in [0.2, 0.25) is 0 Å². The largest absolute Gasteiger partial charge is 0.342 e. The van der Waals surface area contributed by atoms with Gasteiger partial charge in [0.05, 0.1) is 24.0 Å². The molecule has 0 atom stereocenters. The Kier molecular flexibility index (Phi) is 4.92. The third-order valence-electron chi connectivity index (χ3n) is 4.83. The third-order valence-corrected chi connectivity index (χ3v) is 4.83. The molecule has 3 rings (SSSR count). The van der Waals surface area contributed by atoms with Crippen molar-refractivity contribution in [3.8, 4) is 0 Å². The van der Waals surface area contributed by atoms with E-state index in [4.69, 9.17) is 0 Å². The van der Waals surface area contributed by atoms with Crippen molar-refractivity contribution in [2.24, 2.45) is 7.05 Å². The van der Waals surface area contributed by atoms with Gasteiger partial charge in [-0.25, -0.2) is 0 Å². The summed E-state index contributed by atoms with van der Waals surface area (Å²) >= 11 is 0. The van der Waals surface area contributed by atoms with E-state index in [1.165, 1.54) is 10.6 Å². The summed E-state index contributed by atoms with van der Waals surface area (Å²) in [5.41, 5.74) is 1.37. The minimum atomic E-state index is -0.226. The number of carbonyl (C=O) groups is 2. The molecule has 8 nitrogen and oxygen atoms in total. The van der Waals surface area contributed by atoms with Gasteiger partial charge in [-0.1, -0.05) is 6.07 Å². The number of fused-ring (bicyclic) bond motifs is 1. The highest BCUT2D eigenvalue weighted by Gasteiger charge is 2.27. The van der Waals surface area contributed by atoms with Crippen LogP contribution in [0.5, 0.6) is 0 Å². The normalized spacial score (nSPS) is 13.9. The molecule has 0 fully saturated rings. The van der Waals surface area contributed by atoms with E-state index in [9.17, 15) is 14.4 Å². The Morgan fingerprint density at radius 3 is 2.77 bits per heavy atom. The Balaban J connectivity index is 1.93. The number of hydrogen-bond donors (Lipinski definition) is 0. The maximum absolute atomic E-state index is 13.0. The number of rotatable bonds is 3. The molecule has 1 aliphatic heterocycles. The second kappa shape index (κ2) is 7.15. The lowest BCUT2D eigenvalue weighted by Gasteiger charge is -2.22. The van der Waals surface area contributed by atoms with Crippen molar-refractivity contribution in [2.75, 3.05) is 20.1 Å². The summed E-state index contributed by atoms with van der Waals surface area (Å²) in [6.45, 7) is 3.99. The van der Waals surface area contributed by atoms with Gasteiger partial charge in [-0.2, -0.15) is 5.10 Å². The Morgan fingerprint density at radius 1 is 1.27 bits per heavy atom. The number of pyridine rings is 1. The van der Waals surface area contributed by atoms with Gasteiger partial charge < -0.3 is 14.4 Å². The van der Waals surface area contributed by atoms with Crippen molar-refractivity contribution in [3.63, 3.8) is 0 Å². The van der Waals surface area contributed by atoms with Crippen molar-refractivity contribution in [2.45, 2.75) is 26.4 Å². The topological polar surface area (TPSA) is 80.4 Å². The van der Waals surface area contributed by atoms with E-state index >= 15 is 0 Å². The SMILES string of the molecule is CCN(C)C(=O)c1cnn2c1CN(C(=O)c1cccc(=O)n1C)CCC2. The van der Waals surface area contributed by atoms with E-state index in [1.54, 1.807) is 46.9 Å². The Bertz CT molecular complexity index is 898. The second-order valence-corrected chi connectivity index (χ2v) is 6.44. The fourth-order valence-corrected chi connectivity index (χ4v) is 3.08. The van der Waals surface area contributed by atoms with Gasteiger partial charge in [-0.15, -0.1) is 0 Å². The van der Waals surface area contributed by atoms with Crippen molar-refractivity contribution in [1.29, 1.82) is 0 Å². The van der Waals surface area contributed by atoms with Gasteiger partial charge in [0.1, 0.15) is 5.69 Å². The Hall–Kier alpha value is -2.90. The standard InChI is InChI=1S/C18H23N5O3/c1-4-20(2)17(25)13-11-19-23-10-6-9-22(12-15(13)23)18(26)14-7-5-8-16(24)21(14)3/h5,7-8,11H,4,6,9-10,12H2,1-3H3. The highest BCUT2D eigenvalue weighted by molar-refractivity contribution is 5.96. The van der Waals surface area contributed by atoms with E-state index < -0.39 is 0 Å². The van der Waals surface area contributed by atoms with Crippen molar-refractivity contribution < 1.29 is 9.59 Å². The Morgan fingerprint density at radius 2 is 2.04 bits per heavy atom. The van der Waals surface area contributed by atoms with Gasteiger partial charge in [-0.3, -0.25) is 19.1 Å². The predicted octanol–water partition coefficient (Wildman–Crippen LogP) is 0.720. The molecule has 3 heterocycles. The van der Waals surface area contributed by atoms with Crippen LogP contribution < -0.4 is 5.56 Å². The Labute approximate surface area is 151 Å². The van der Waals surface area contributed by atoms with Gasteiger partial charge in [0.2, 0.25) is 0 Å². The summed E-state index contributed by atoms with van der Waals surface area (Å²) in [6.07, 6.45) is 2.31. The smallest absolute Gasteiger partial charge is 0.270 e. The van der Waals surface area contributed by atoms with Crippen LogP contribution >= 0.6 is 0 Å². The highest BCUT2D eigenvalue weighted by atomic mass is 16.2. The third kappa shape index (κ3) is 3.14. The van der Waals surface area contributed by atoms with E-state index in [-0.39, 0.29) is 17.4 Å². The number of aromatic nitrogens is 3. The molecule has 0 saturated heterocycles. The molecular weight excluding hydrogens is 334 g/mol. The lowest BCUT2D eigenvalue weighted by atomic mass is 10.2. The fraction of sp³-hybridized carbons (Fsp3) is 0.444. The zero-order valence-electron chi connectivity index (χ0n) is 15.3. The molecule has 0 bridgehead atoms. The summed E-state index contributed by atoms with van der Waals surface area (Å²) in [4.78, 5) is 40.7. The van der Waals surface area contributed by atoms with Gasteiger partial charge >= 0.3 is 0 Å². The molecule has 0 spiro atoms. The molecule has 2 aromatic heterocycles. The molecule has 0 N–H and O–H groups in total. The van der Waals surface area contributed by atoms with Crippen LogP contribution in [-0.2, 0) is 20.1 Å². The maximum Gasteiger partial charge on any atom is 0.270 e. The molecule has 2 amide bonds. The summed E-state index contributed by atoms with van der Waals surface area (Å²) in [6, 6.07) is 4.65. The number of hydrogen-bond acceptors (Lipinski definition) is 4. The van der Waals surface area contributed by atoms with E-state index in [2.05, 4.69) is 5.10 Å². The molecule has 8 heteroatoms. The van der Waals surface area contributed by atoms with Crippen molar-refractivity contribution in [1.82, 2.24) is 24.1 Å². The molecule has 2 aromatic rings. The van der Waals surface area contributed by atoms with Gasteiger partial charge in [0.15, 0.2) is 0 Å². The van der Waals surface area contributed by atoms with E-state index in [1.807, 2.05) is 6.92 Å². The van der Waals surface area contributed by atoms with Crippen LogP contribution in [0.1, 0.15) is 39.9 Å². The molecule has 0 aromatic carbocycles. The number of aryl methyl sites for hydroxylation is 1. The lowest BCUT2D eigenvalue weighted by molar-refractivity contribution is 0.0726. The zero-order chi connectivity index (χ0) is 18.8. The number of nitrogens with zero attached hydrogens (tertiary/aromatic N) is 5. The van der Waals surface area contributed by atoms with Gasteiger partial charge in [-0.05, 0) is 19.4 Å². The number of amides is 2. The van der Waals surface area contributed by atoms with Gasteiger partial charge in [0, 0.05) is 39.8 Å². The summed E-state index contributed by atoms with van der Waals surface area (Å²) in [5.74, 6) is -0.322. The molecule has 138 valence electrons. The van der Waals surface area contributed by atoms with Crippen molar-refractivity contribution in [3.05, 3.63) is 51.7 Å². The van der Waals surface area contributed by atoms with Gasteiger partial charge in [0.25, 0.3) is 17.4 Å². The van der Waals surface area contributed by atoms with Crippen molar-refractivity contribution >= 4 is 11.8 Å². The average molecular weight is 357 g/mol. The second-order valence-electron chi connectivity index (χ2n) is 6.44.